The van der Waals surface area contributed by atoms with Gasteiger partial charge in [0.05, 0.1) is 0 Å². The Kier molecular flexibility index (Phi) is 6.32. The number of carbonyl (C=O) groups excluding carboxylic acids is 1. The molecule has 1 aromatic heterocycles. The fourth-order valence-corrected chi connectivity index (χ4v) is 3.85. The second kappa shape index (κ2) is 9.30. The van der Waals surface area contributed by atoms with Crippen LogP contribution in [-0.2, 0) is 4.79 Å². The van der Waals surface area contributed by atoms with E-state index in [2.05, 4.69) is 37.8 Å². The van der Waals surface area contributed by atoms with Gasteiger partial charge in [-0.2, -0.15) is 0 Å². The molecule has 0 atom stereocenters. The zero-order valence-corrected chi connectivity index (χ0v) is 17.8. The molecule has 30 heavy (non-hydrogen) atoms. The minimum Gasteiger partial charge on any atom is -0.484 e. The van der Waals surface area contributed by atoms with Crippen molar-refractivity contribution in [3.63, 3.8) is 0 Å². The molecule has 2 aromatic rings. The predicted octanol–water partition coefficient (Wildman–Crippen LogP) is 1.26. The van der Waals surface area contributed by atoms with E-state index in [1.165, 1.54) is 0 Å². The maximum absolute atomic E-state index is 12.5. The Balaban J connectivity index is 1.29. The third kappa shape index (κ3) is 4.99. The molecule has 1 amide bonds. The number of likely N-dealkylation sites (N-methyl/N-ethyl adjacent to an activating group) is 1. The molecule has 4 rings (SSSR count). The molecule has 160 valence electrons. The van der Waals surface area contributed by atoms with Crippen molar-refractivity contribution < 1.29 is 9.53 Å². The van der Waals surface area contributed by atoms with Crippen molar-refractivity contribution in [3.05, 3.63) is 42.2 Å². The summed E-state index contributed by atoms with van der Waals surface area (Å²) in [6, 6.07) is 9.84. The highest BCUT2D eigenvalue weighted by Crippen LogP contribution is 2.20. The van der Waals surface area contributed by atoms with Gasteiger partial charge in [-0.3, -0.25) is 4.79 Å². The molecule has 0 N–H and O–H groups in total. The zero-order chi connectivity index (χ0) is 20.9. The number of hydrogen-bond donors (Lipinski definition) is 0. The number of nitrogens with zero attached hydrogens (tertiary/aromatic N) is 6. The van der Waals surface area contributed by atoms with Crippen molar-refractivity contribution in [3.8, 4) is 5.75 Å². The van der Waals surface area contributed by atoms with Gasteiger partial charge in [-0.25, -0.2) is 9.97 Å². The van der Waals surface area contributed by atoms with Gasteiger partial charge in [0.25, 0.3) is 5.91 Å². The molecule has 0 aliphatic carbocycles. The summed E-state index contributed by atoms with van der Waals surface area (Å²) in [4.78, 5) is 30.2. The minimum absolute atomic E-state index is 0.0250. The molecule has 8 heteroatoms. The molecular weight excluding hydrogens is 380 g/mol. The molecule has 1 aromatic carbocycles. The van der Waals surface area contributed by atoms with Crippen molar-refractivity contribution in [2.45, 2.75) is 6.92 Å². The molecule has 0 bridgehead atoms. The molecule has 0 radical (unpaired) electrons. The van der Waals surface area contributed by atoms with Crippen molar-refractivity contribution >= 4 is 17.5 Å². The van der Waals surface area contributed by atoms with Crippen LogP contribution in [-0.4, -0.2) is 91.7 Å². The van der Waals surface area contributed by atoms with E-state index in [9.17, 15) is 4.79 Å². The molecule has 0 saturated carbocycles. The normalized spacial score (nSPS) is 17.9. The fourth-order valence-electron chi connectivity index (χ4n) is 3.85. The smallest absolute Gasteiger partial charge is 0.260 e. The molecule has 2 aliphatic rings. The van der Waals surface area contributed by atoms with Crippen LogP contribution in [0.3, 0.4) is 0 Å². The monoisotopic (exact) mass is 410 g/mol. The number of amides is 1. The van der Waals surface area contributed by atoms with Crippen LogP contribution < -0.4 is 14.5 Å². The van der Waals surface area contributed by atoms with E-state index < -0.39 is 0 Å². The number of aromatic nitrogens is 2. The fraction of sp³-hybridized carbons (Fsp3) is 0.500. The van der Waals surface area contributed by atoms with E-state index in [0.717, 1.165) is 62.2 Å². The van der Waals surface area contributed by atoms with E-state index in [1.54, 1.807) is 6.33 Å². The Bertz CT molecular complexity index is 860. The summed E-state index contributed by atoms with van der Waals surface area (Å²) in [5.41, 5.74) is 1.12. The van der Waals surface area contributed by atoms with E-state index in [4.69, 9.17) is 4.74 Å². The topological polar surface area (TPSA) is 65.0 Å². The number of ether oxygens (including phenoxy) is 1. The Morgan fingerprint density at radius 1 is 0.933 bits per heavy atom. The first kappa shape index (κ1) is 20.4. The Morgan fingerprint density at radius 2 is 1.57 bits per heavy atom. The molecule has 2 aliphatic heterocycles. The molecule has 3 heterocycles. The first-order valence-electron chi connectivity index (χ1n) is 10.6. The number of aryl methyl sites for hydroxylation is 1. The second-order valence-corrected chi connectivity index (χ2v) is 8.00. The van der Waals surface area contributed by atoms with E-state index in [-0.39, 0.29) is 12.5 Å². The van der Waals surface area contributed by atoms with Crippen molar-refractivity contribution in [1.82, 2.24) is 19.8 Å². The van der Waals surface area contributed by atoms with Crippen LogP contribution in [0.5, 0.6) is 5.75 Å². The standard InChI is InChI=1S/C22H30N6O2/c1-18-4-3-5-19(14-18)30-16-22(29)28-12-10-27(11-13-28)21-15-20(23-17-24-21)26-8-6-25(2)7-9-26/h3-5,14-15,17H,6-13,16H2,1-2H3. The van der Waals surface area contributed by atoms with E-state index in [1.807, 2.05) is 36.1 Å². The number of rotatable bonds is 5. The molecule has 8 nitrogen and oxygen atoms in total. The second-order valence-electron chi connectivity index (χ2n) is 8.00. The lowest BCUT2D eigenvalue weighted by atomic mass is 10.2. The van der Waals surface area contributed by atoms with E-state index >= 15 is 0 Å². The highest BCUT2D eigenvalue weighted by atomic mass is 16.5. The lowest BCUT2D eigenvalue weighted by Gasteiger charge is -2.36. The lowest BCUT2D eigenvalue weighted by molar-refractivity contribution is -0.133. The highest BCUT2D eigenvalue weighted by Gasteiger charge is 2.23. The summed E-state index contributed by atoms with van der Waals surface area (Å²) in [5, 5.41) is 0. The van der Waals surface area contributed by atoms with Gasteiger partial charge in [-0.1, -0.05) is 12.1 Å². The van der Waals surface area contributed by atoms with Crippen LogP contribution in [0.15, 0.2) is 36.7 Å². The molecular formula is C22H30N6O2. The van der Waals surface area contributed by atoms with Crippen molar-refractivity contribution in [1.29, 1.82) is 0 Å². The van der Waals surface area contributed by atoms with Crippen molar-refractivity contribution in [2.24, 2.45) is 0 Å². The first-order chi connectivity index (χ1) is 14.6. The highest BCUT2D eigenvalue weighted by molar-refractivity contribution is 5.78. The van der Waals surface area contributed by atoms with Gasteiger partial charge in [0.15, 0.2) is 6.61 Å². The third-order valence-electron chi connectivity index (χ3n) is 5.77. The molecule has 0 spiro atoms. The lowest BCUT2D eigenvalue weighted by Crippen LogP contribution is -2.50. The summed E-state index contributed by atoms with van der Waals surface area (Å²) >= 11 is 0. The summed E-state index contributed by atoms with van der Waals surface area (Å²) in [5.74, 6) is 2.68. The van der Waals surface area contributed by atoms with Crippen LogP contribution in [0.25, 0.3) is 0 Å². The first-order valence-corrected chi connectivity index (χ1v) is 10.6. The largest absolute Gasteiger partial charge is 0.484 e. The van der Waals surface area contributed by atoms with Gasteiger partial charge >= 0.3 is 0 Å². The maximum atomic E-state index is 12.5. The van der Waals surface area contributed by atoms with E-state index in [0.29, 0.717) is 13.1 Å². The third-order valence-corrected chi connectivity index (χ3v) is 5.77. The van der Waals surface area contributed by atoms with Gasteiger partial charge in [-0.05, 0) is 31.7 Å². The van der Waals surface area contributed by atoms with Crippen LogP contribution in [0, 0.1) is 6.92 Å². The average molecular weight is 411 g/mol. The molecule has 2 fully saturated rings. The summed E-state index contributed by atoms with van der Waals surface area (Å²) in [7, 11) is 2.15. The number of anilines is 2. The Morgan fingerprint density at radius 3 is 2.20 bits per heavy atom. The number of carbonyl (C=O) groups is 1. The zero-order valence-electron chi connectivity index (χ0n) is 17.8. The Labute approximate surface area is 178 Å². The predicted molar refractivity (Wildman–Crippen MR) is 117 cm³/mol. The van der Waals surface area contributed by atoms with Crippen LogP contribution in [0.4, 0.5) is 11.6 Å². The van der Waals surface area contributed by atoms with Crippen LogP contribution in [0.2, 0.25) is 0 Å². The molecule has 0 unspecified atom stereocenters. The van der Waals surface area contributed by atoms with Gasteiger partial charge in [0.1, 0.15) is 23.7 Å². The van der Waals surface area contributed by atoms with Crippen LogP contribution in [0.1, 0.15) is 5.56 Å². The van der Waals surface area contributed by atoms with Crippen LogP contribution >= 0.6 is 0 Å². The van der Waals surface area contributed by atoms with Gasteiger partial charge in [-0.15, -0.1) is 0 Å². The summed E-state index contributed by atoms with van der Waals surface area (Å²) in [6.45, 7) is 9.00. The van der Waals surface area contributed by atoms with Crippen molar-refractivity contribution in [2.75, 3.05) is 75.8 Å². The van der Waals surface area contributed by atoms with Gasteiger partial charge < -0.3 is 24.3 Å². The van der Waals surface area contributed by atoms with Gasteiger partial charge in [0, 0.05) is 58.4 Å². The minimum atomic E-state index is 0.0250. The summed E-state index contributed by atoms with van der Waals surface area (Å²) in [6.07, 6.45) is 1.65. The number of piperazine rings is 2. The SMILES string of the molecule is Cc1cccc(OCC(=O)N2CCN(c3cc(N4CCN(C)CC4)ncn3)CC2)c1. The average Bonchev–Trinajstić information content (AvgIpc) is 2.78. The Hall–Kier alpha value is -2.87. The number of benzene rings is 1. The van der Waals surface area contributed by atoms with Gasteiger partial charge in [0.2, 0.25) is 0 Å². The quantitative estimate of drug-likeness (QED) is 0.735. The number of hydrogen-bond acceptors (Lipinski definition) is 7. The molecule has 2 saturated heterocycles. The maximum Gasteiger partial charge on any atom is 0.260 e. The summed E-state index contributed by atoms with van der Waals surface area (Å²) < 4.78 is 5.67.